The average Bonchev–Trinajstić information content (AvgIpc) is 3.11. The Morgan fingerprint density at radius 1 is 1.00 bits per heavy atom. The Kier molecular flexibility index (Phi) is 4.04. The number of nitrogens with one attached hydrogen (secondary N) is 1. The normalized spacial score (nSPS) is 10.8. The van der Waals surface area contributed by atoms with E-state index in [2.05, 4.69) is 15.0 Å². The maximum Gasteiger partial charge on any atom is 0.178 e. The third kappa shape index (κ3) is 3.17. The molecule has 5 heteroatoms. The number of aromatic amines is 1. The number of methoxy groups -OCH3 is 1. The van der Waals surface area contributed by atoms with Crippen molar-refractivity contribution < 1.29 is 9.47 Å². The molecule has 124 valence electrons. The lowest BCUT2D eigenvalue weighted by Gasteiger charge is -2.10. The molecule has 0 aliphatic heterocycles. The van der Waals surface area contributed by atoms with Gasteiger partial charge in [0, 0.05) is 12.3 Å². The van der Waals surface area contributed by atoms with Crippen molar-refractivity contribution in [1.29, 1.82) is 0 Å². The number of benzene rings is 2. The van der Waals surface area contributed by atoms with Crippen molar-refractivity contribution in [3.8, 4) is 22.9 Å². The van der Waals surface area contributed by atoms with Gasteiger partial charge in [-0.25, -0.2) is 9.97 Å². The average molecular weight is 331 g/mol. The monoisotopic (exact) mass is 331 g/mol. The summed E-state index contributed by atoms with van der Waals surface area (Å²) in [5, 5.41) is 0. The zero-order chi connectivity index (χ0) is 17.1. The topological polar surface area (TPSA) is 60.0 Å². The molecule has 1 N–H and O–H groups in total. The van der Waals surface area contributed by atoms with Crippen LogP contribution in [-0.2, 0) is 6.61 Å². The van der Waals surface area contributed by atoms with Crippen LogP contribution in [0.1, 0.15) is 5.56 Å². The van der Waals surface area contributed by atoms with Crippen molar-refractivity contribution in [2.24, 2.45) is 0 Å². The maximum absolute atomic E-state index is 5.86. The molecule has 4 aromatic rings. The van der Waals surface area contributed by atoms with E-state index in [-0.39, 0.29) is 0 Å². The number of rotatable bonds is 5. The Hall–Kier alpha value is -3.34. The lowest BCUT2D eigenvalue weighted by atomic mass is 10.2. The van der Waals surface area contributed by atoms with Crippen LogP contribution in [0.2, 0.25) is 0 Å². The second-order valence-corrected chi connectivity index (χ2v) is 5.60. The van der Waals surface area contributed by atoms with Crippen LogP contribution in [0, 0.1) is 0 Å². The van der Waals surface area contributed by atoms with Gasteiger partial charge in [0.1, 0.15) is 23.9 Å². The summed E-state index contributed by atoms with van der Waals surface area (Å²) in [6, 6.07) is 19.6. The predicted molar refractivity (Wildman–Crippen MR) is 96.7 cm³/mol. The van der Waals surface area contributed by atoms with E-state index in [9.17, 15) is 0 Å². The Labute approximate surface area is 145 Å². The summed E-state index contributed by atoms with van der Waals surface area (Å²) >= 11 is 0. The summed E-state index contributed by atoms with van der Waals surface area (Å²) in [4.78, 5) is 12.1. The van der Waals surface area contributed by atoms with E-state index in [1.807, 2.05) is 60.7 Å². The number of H-pyrrole nitrogens is 1. The molecule has 0 aliphatic carbocycles. The fourth-order valence-electron chi connectivity index (χ4n) is 2.67. The van der Waals surface area contributed by atoms with Crippen molar-refractivity contribution in [2.75, 3.05) is 7.11 Å². The van der Waals surface area contributed by atoms with E-state index in [1.54, 1.807) is 13.3 Å². The molecule has 0 saturated carbocycles. The Balaban J connectivity index is 1.61. The molecule has 5 nitrogen and oxygen atoms in total. The number of ether oxygens (including phenoxy) is 2. The number of aromatic nitrogens is 3. The fraction of sp³-hybridized carbons (Fsp3) is 0.100. The third-order valence-electron chi connectivity index (χ3n) is 3.93. The summed E-state index contributed by atoms with van der Waals surface area (Å²) in [6.07, 6.45) is 1.73. The van der Waals surface area contributed by atoms with Crippen LogP contribution in [0.3, 0.4) is 0 Å². The Morgan fingerprint density at radius 3 is 2.68 bits per heavy atom. The summed E-state index contributed by atoms with van der Waals surface area (Å²) in [6.45, 7) is 0.512. The second kappa shape index (κ2) is 6.65. The molecule has 2 heterocycles. The second-order valence-electron chi connectivity index (χ2n) is 5.60. The van der Waals surface area contributed by atoms with Gasteiger partial charge in [0.15, 0.2) is 5.65 Å². The van der Waals surface area contributed by atoms with E-state index in [4.69, 9.17) is 9.47 Å². The Morgan fingerprint density at radius 2 is 1.88 bits per heavy atom. The highest BCUT2D eigenvalue weighted by atomic mass is 16.5. The first kappa shape index (κ1) is 15.2. The predicted octanol–water partition coefficient (Wildman–Crippen LogP) is 4.21. The van der Waals surface area contributed by atoms with Gasteiger partial charge >= 0.3 is 0 Å². The molecule has 0 spiro atoms. The van der Waals surface area contributed by atoms with Gasteiger partial charge in [0.25, 0.3) is 0 Å². The van der Waals surface area contributed by atoms with E-state index in [0.717, 1.165) is 28.2 Å². The van der Waals surface area contributed by atoms with Gasteiger partial charge < -0.3 is 14.5 Å². The van der Waals surface area contributed by atoms with Gasteiger partial charge in [-0.3, -0.25) is 0 Å². The first-order chi connectivity index (χ1) is 12.3. The molecule has 0 radical (unpaired) electrons. The minimum atomic E-state index is 0.512. The summed E-state index contributed by atoms with van der Waals surface area (Å²) < 4.78 is 11.4. The number of nitrogens with zero attached hydrogens (tertiary/aromatic N) is 2. The Bertz CT molecular complexity index is 963. The lowest BCUT2D eigenvalue weighted by molar-refractivity contribution is 0.304. The molecule has 0 aliphatic rings. The zero-order valence-corrected chi connectivity index (χ0v) is 13.8. The van der Waals surface area contributed by atoms with Gasteiger partial charge in [-0.05, 0) is 29.8 Å². The number of hydrogen-bond acceptors (Lipinski definition) is 4. The van der Waals surface area contributed by atoms with Gasteiger partial charge in [-0.15, -0.1) is 0 Å². The summed E-state index contributed by atoms with van der Waals surface area (Å²) in [5.74, 6) is 2.17. The summed E-state index contributed by atoms with van der Waals surface area (Å²) in [5.41, 5.74) is 3.56. The van der Waals surface area contributed by atoms with Gasteiger partial charge in [0.2, 0.25) is 0 Å². The van der Waals surface area contributed by atoms with Crippen LogP contribution >= 0.6 is 0 Å². The minimum Gasteiger partial charge on any atom is -0.496 e. The van der Waals surface area contributed by atoms with Crippen LogP contribution in [0.25, 0.3) is 22.6 Å². The summed E-state index contributed by atoms with van der Waals surface area (Å²) in [7, 11) is 1.64. The number of pyridine rings is 1. The number of imidazole rings is 1. The molecule has 0 amide bonds. The number of fused-ring (bicyclic) bond motifs is 1. The highest BCUT2D eigenvalue weighted by Crippen LogP contribution is 2.32. The van der Waals surface area contributed by atoms with Crippen LogP contribution in [0.15, 0.2) is 66.9 Å². The lowest BCUT2D eigenvalue weighted by Crippen LogP contribution is -1.96. The van der Waals surface area contributed by atoms with Crippen molar-refractivity contribution in [3.05, 3.63) is 72.4 Å². The highest BCUT2D eigenvalue weighted by molar-refractivity contribution is 5.77. The maximum atomic E-state index is 5.86. The molecule has 2 aromatic heterocycles. The molecule has 0 bridgehead atoms. The van der Waals surface area contributed by atoms with Crippen molar-refractivity contribution in [2.45, 2.75) is 6.61 Å². The van der Waals surface area contributed by atoms with Gasteiger partial charge in [-0.2, -0.15) is 0 Å². The van der Waals surface area contributed by atoms with Gasteiger partial charge in [-0.1, -0.05) is 30.3 Å². The first-order valence-electron chi connectivity index (χ1n) is 7.99. The molecule has 25 heavy (non-hydrogen) atoms. The molecule has 4 rings (SSSR count). The molecule has 0 atom stereocenters. The largest absolute Gasteiger partial charge is 0.496 e. The molecule has 0 saturated heterocycles. The van der Waals surface area contributed by atoms with Crippen LogP contribution in [-0.4, -0.2) is 22.1 Å². The smallest absolute Gasteiger partial charge is 0.178 e. The van der Waals surface area contributed by atoms with Crippen LogP contribution in [0.4, 0.5) is 0 Å². The SMILES string of the molecule is COc1cc(OCc2ccccc2)ccc1-c1nc2ncccc2[nH]1. The molecule has 0 fully saturated rings. The first-order valence-corrected chi connectivity index (χ1v) is 7.99. The number of hydrogen-bond donors (Lipinski definition) is 1. The molecular weight excluding hydrogens is 314 g/mol. The van der Waals surface area contributed by atoms with Gasteiger partial charge in [0.05, 0.1) is 18.2 Å². The molecule has 2 aromatic carbocycles. The van der Waals surface area contributed by atoms with Crippen LogP contribution in [0.5, 0.6) is 11.5 Å². The quantitative estimate of drug-likeness (QED) is 0.595. The fourth-order valence-corrected chi connectivity index (χ4v) is 2.67. The van der Waals surface area contributed by atoms with Crippen molar-refractivity contribution >= 4 is 11.2 Å². The van der Waals surface area contributed by atoms with Crippen molar-refractivity contribution in [1.82, 2.24) is 15.0 Å². The van der Waals surface area contributed by atoms with Crippen molar-refractivity contribution in [3.63, 3.8) is 0 Å². The highest BCUT2D eigenvalue weighted by Gasteiger charge is 2.12. The zero-order valence-electron chi connectivity index (χ0n) is 13.8. The standard InChI is InChI=1S/C20H17N3O2/c1-24-18-12-15(25-13-14-6-3-2-4-7-14)9-10-16(18)19-22-17-8-5-11-21-20(17)23-19/h2-12H,13H2,1H3,(H,21,22,23). The van der Waals surface area contributed by atoms with Crippen LogP contribution < -0.4 is 9.47 Å². The van der Waals surface area contributed by atoms with E-state index in [1.165, 1.54) is 0 Å². The van der Waals surface area contributed by atoms with E-state index in [0.29, 0.717) is 18.0 Å². The minimum absolute atomic E-state index is 0.512. The van der Waals surface area contributed by atoms with E-state index >= 15 is 0 Å². The molecular formula is C20H17N3O2. The third-order valence-corrected chi connectivity index (χ3v) is 3.93. The molecule has 0 unspecified atom stereocenters. The van der Waals surface area contributed by atoms with E-state index < -0.39 is 0 Å².